The zero-order valence-electron chi connectivity index (χ0n) is 10.0. The van der Waals surface area contributed by atoms with Gasteiger partial charge in [0.05, 0.1) is 18.2 Å². The molecule has 0 radical (unpaired) electrons. The molecule has 1 heterocycles. The summed E-state index contributed by atoms with van der Waals surface area (Å²) < 4.78 is 42.7. The van der Waals surface area contributed by atoms with Gasteiger partial charge in [-0.1, -0.05) is 18.5 Å². The lowest BCUT2D eigenvalue weighted by molar-refractivity contribution is -0.137. The van der Waals surface area contributed by atoms with Gasteiger partial charge in [0.25, 0.3) is 0 Å². The van der Waals surface area contributed by atoms with E-state index < -0.39 is 11.7 Å². The van der Waals surface area contributed by atoms with Crippen LogP contribution >= 0.6 is 11.6 Å². The van der Waals surface area contributed by atoms with Gasteiger partial charge in [-0.3, -0.25) is 0 Å². The van der Waals surface area contributed by atoms with Crippen molar-refractivity contribution in [1.82, 2.24) is 4.98 Å². The molecule has 0 bridgehead atoms. The number of alkyl halides is 3. The van der Waals surface area contributed by atoms with Crippen LogP contribution in [0.2, 0.25) is 5.15 Å². The Labute approximate surface area is 108 Å². The number of hydrogen-bond acceptors (Lipinski definition) is 3. The van der Waals surface area contributed by atoms with E-state index in [0.717, 1.165) is 12.1 Å². The van der Waals surface area contributed by atoms with Crippen molar-refractivity contribution in [3.8, 4) is 0 Å². The largest absolute Gasteiger partial charge is 0.416 e. The van der Waals surface area contributed by atoms with E-state index in [1.54, 1.807) is 0 Å². The molecule has 1 N–H and O–H groups in total. The quantitative estimate of drug-likeness (QED) is 0.838. The van der Waals surface area contributed by atoms with E-state index in [-0.39, 0.29) is 17.0 Å². The molecule has 0 spiro atoms. The highest BCUT2D eigenvalue weighted by molar-refractivity contribution is 6.29. The van der Waals surface area contributed by atoms with Crippen molar-refractivity contribution in [2.24, 2.45) is 0 Å². The Morgan fingerprint density at radius 1 is 1.44 bits per heavy atom. The maximum absolute atomic E-state index is 12.6. The molecule has 102 valence electrons. The minimum absolute atomic E-state index is 0.0960. The van der Waals surface area contributed by atoms with Gasteiger partial charge in [0, 0.05) is 7.11 Å². The van der Waals surface area contributed by atoms with Crippen LogP contribution in [-0.4, -0.2) is 24.7 Å². The van der Waals surface area contributed by atoms with Crippen LogP contribution in [0, 0.1) is 0 Å². The van der Waals surface area contributed by atoms with Gasteiger partial charge >= 0.3 is 6.18 Å². The van der Waals surface area contributed by atoms with Gasteiger partial charge in [0.15, 0.2) is 0 Å². The number of methoxy groups -OCH3 is 1. The molecule has 0 aliphatic rings. The molecule has 1 atom stereocenters. The molecule has 1 unspecified atom stereocenters. The van der Waals surface area contributed by atoms with Crippen LogP contribution in [0.1, 0.15) is 18.9 Å². The molecule has 3 nitrogen and oxygen atoms in total. The zero-order chi connectivity index (χ0) is 13.8. The van der Waals surface area contributed by atoms with Crippen molar-refractivity contribution in [2.75, 3.05) is 19.0 Å². The first-order valence-corrected chi connectivity index (χ1v) is 5.75. The van der Waals surface area contributed by atoms with Gasteiger partial charge in [0.2, 0.25) is 0 Å². The highest BCUT2D eigenvalue weighted by Gasteiger charge is 2.31. The Bertz CT molecular complexity index is 398. The number of halogens is 4. The number of ether oxygens (including phenoxy) is 1. The first-order chi connectivity index (χ1) is 8.36. The minimum Gasteiger partial charge on any atom is -0.383 e. The number of anilines is 1. The predicted octanol–water partition coefficient (Wildman–Crippen LogP) is 3.59. The molecular formula is C11H14ClF3N2O. The van der Waals surface area contributed by atoms with Crippen molar-refractivity contribution in [3.05, 3.63) is 22.8 Å². The Morgan fingerprint density at radius 2 is 2.11 bits per heavy atom. The summed E-state index contributed by atoms with van der Waals surface area (Å²) in [7, 11) is 1.52. The smallest absolute Gasteiger partial charge is 0.383 e. The monoisotopic (exact) mass is 282 g/mol. The second-order valence-corrected chi connectivity index (χ2v) is 4.15. The molecule has 1 rings (SSSR count). The number of hydrogen-bond donors (Lipinski definition) is 1. The second-order valence-electron chi connectivity index (χ2n) is 3.77. The van der Waals surface area contributed by atoms with Gasteiger partial charge in [-0.25, -0.2) is 4.98 Å². The first kappa shape index (κ1) is 15.0. The fourth-order valence-electron chi connectivity index (χ4n) is 1.41. The van der Waals surface area contributed by atoms with E-state index in [1.165, 1.54) is 7.11 Å². The van der Waals surface area contributed by atoms with Gasteiger partial charge in [-0.15, -0.1) is 0 Å². The number of pyridine rings is 1. The van der Waals surface area contributed by atoms with Crippen molar-refractivity contribution < 1.29 is 17.9 Å². The van der Waals surface area contributed by atoms with Crippen molar-refractivity contribution >= 4 is 17.4 Å². The highest BCUT2D eigenvalue weighted by Crippen LogP contribution is 2.32. The molecule has 0 amide bonds. The molecular weight excluding hydrogens is 269 g/mol. The standard InChI is InChI=1S/C11H14ClF3N2O/c1-3-8(6-18-2)16-10-5-7(11(13,14)15)4-9(12)17-10/h4-5,8H,3,6H2,1-2H3,(H,16,17). The summed E-state index contributed by atoms with van der Waals surface area (Å²) in [6.07, 6.45) is -3.74. The summed E-state index contributed by atoms with van der Waals surface area (Å²) >= 11 is 5.58. The van der Waals surface area contributed by atoms with Crippen molar-refractivity contribution in [2.45, 2.75) is 25.6 Å². The highest BCUT2D eigenvalue weighted by atomic mass is 35.5. The molecule has 0 fully saturated rings. The summed E-state index contributed by atoms with van der Waals surface area (Å²) in [6.45, 7) is 2.28. The maximum atomic E-state index is 12.6. The average Bonchev–Trinajstić information content (AvgIpc) is 2.26. The van der Waals surface area contributed by atoms with Crippen molar-refractivity contribution in [1.29, 1.82) is 0 Å². The summed E-state index contributed by atoms with van der Waals surface area (Å²) in [5, 5.41) is 2.67. The Hall–Kier alpha value is -1.01. The van der Waals surface area contributed by atoms with Gasteiger partial charge in [-0.05, 0) is 18.6 Å². The van der Waals surface area contributed by atoms with Crippen molar-refractivity contribution in [3.63, 3.8) is 0 Å². The third-order valence-electron chi connectivity index (χ3n) is 2.33. The van der Waals surface area contributed by atoms with Gasteiger partial charge in [0.1, 0.15) is 11.0 Å². The molecule has 7 heteroatoms. The summed E-state index contributed by atoms with van der Waals surface area (Å²) in [5.74, 6) is 0.0960. The fourth-order valence-corrected chi connectivity index (χ4v) is 1.62. The normalized spacial score (nSPS) is 13.4. The maximum Gasteiger partial charge on any atom is 0.416 e. The van der Waals surface area contributed by atoms with Crippen LogP contribution in [0.15, 0.2) is 12.1 Å². The molecule has 0 saturated carbocycles. The summed E-state index contributed by atoms with van der Waals surface area (Å²) in [6, 6.07) is 1.62. The van der Waals surface area contributed by atoms with Crippen LogP contribution in [-0.2, 0) is 10.9 Å². The van der Waals surface area contributed by atoms with E-state index in [0.29, 0.717) is 13.0 Å². The molecule has 1 aromatic rings. The van der Waals surface area contributed by atoms with E-state index in [9.17, 15) is 13.2 Å². The lowest BCUT2D eigenvalue weighted by Gasteiger charge is -2.17. The summed E-state index contributed by atoms with van der Waals surface area (Å²) in [5.41, 5.74) is -0.822. The van der Waals surface area contributed by atoms with E-state index >= 15 is 0 Å². The Morgan fingerprint density at radius 3 is 2.61 bits per heavy atom. The molecule has 0 aliphatic carbocycles. The van der Waals surface area contributed by atoms with Crippen LogP contribution in [0.3, 0.4) is 0 Å². The second kappa shape index (κ2) is 6.24. The molecule has 1 aromatic heterocycles. The Kier molecular flexibility index (Phi) is 5.22. The predicted molar refractivity (Wildman–Crippen MR) is 63.8 cm³/mol. The topological polar surface area (TPSA) is 34.1 Å². The number of aromatic nitrogens is 1. The lowest BCUT2D eigenvalue weighted by Crippen LogP contribution is -2.24. The number of nitrogens with one attached hydrogen (secondary N) is 1. The summed E-state index contributed by atoms with van der Waals surface area (Å²) in [4.78, 5) is 3.82. The SMILES string of the molecule is CCC(COC)Nc1cc(C(F)(F)F)cc(Cl)n1. The number of rotatable bonds is 5. The minimum atomic E-state index is -4.44. The average molecular weight is 283 g/mol. The third-order valence-corrected chi connectivity index (χ3v) is 2.53. The van der Waals surface area contributed by atoms with E-state index in [4.69, 9.17) is 16.3 Å². The van der Waals surface area contributed by atoms with Crippen LogP contribution in [0.4, 0.5) is 19.0 Å². The first-order valence-electron chi connectivity index (χ1n) is 5.37. The molecule has 0 aromatic carbocycles. The fraction of sp³-hybridized carbons (Fsp3) is 0.545. The van der Waals surface area contributed by atoms with E-state index in [2.05, 4.69) is 10.3 Å². The third kappa shape index (κ3) is 4.34. The van der Waals surface area contributed by atoms with Crippen LogP contribution < -0.4 is 5.32 Å². The van der Waals surface area contributed by atoms with Crippen LogP contribution in [0.5, 0.6) is 0 Å². The molecule has 0 aliphatic heterocycles. The van der Waals surface area contributed by atoms with Gasteiger partial charge in [-0.2, -0.15) is 13.2 Å². The lowest BCUT2D eigenvalue weighted by atomic mass is 10.2. The van der Waals surface area contributed by atoms with Crippen LogP contribution in [0.25, 0.3) is 0 Å². The molecule has 18 heavy (non-hydrogen) atoms. The number of nitrogens with zero attached hydrogens (tertiary/aromatic N) is 1. The zero-order valence-corrected chi connectivity index (χ0v) is 10.8. The molecule has 0 saturated heterocycles. The Balaban J connectivity index is 2.92. The van der Waals surface area contributed by atoms with Gasteiger partial charge < -0.3 is 10.1 Å². The van der Waals surface area contributed by atoms with E-state index in [1.807, 2.05) is 6.92 Å².